The molecule has 5 nitrogen and oxygen atoms in total. The quantitative estimate of drug-likeness (QED) is 0.329. The Morgan fingerprint density at radius 1 is 0.868 bits per heavy atom. The zero-order valence-electron chi connectivity index (χ0n) is 20.2. The topological polar surface area (TPSA) is 72.5 Å². The molecule has 0 unspecified atom stereocenters. The van der Waals surface area contributed by atoms with Gasteiger partial charge in [0.25, 0.3) is 0 Å². The molecule has 0 bridgehead atoms. The van der Waals surface area contributed by atoms with Gasteiger partial charge in [-0.25, -0.2) is 22.0 Å². The smallest absolute Gasteiger partial charge is 0.435 e. The van der Waals surface area contributed by atoms with Crippen molar-refractivity contribution in [3.05, 3.63) is 65.5 Å². The van der Waals surface area contributed by atoms with E-state index in [0.717, 1.165) is 24.3 Å². The minimum Gasteiger partial charge on any atom is -0.444 e. The number of hydrogen-bond acceptors (Lipinski definition) is 4. The van der Waals surface area contributed by atoms with Crippen LogP contribution in [0.25, 0.3) is 0 Å². The van der Waals surface area contributed by atoms with Crippen molar-refractivity contribution in [1.82, 2.24) is 5.32 Å². The fraction of sp³-hybridized carbons (Fsp3) is 0.458. The van der Waals surface area contributed by atoms with Crippen LogP contribution >= 0.6 is 0 Å². The summed E-state index contributed by atoms with van der Waals surface area (Å²) in [5.41, 5.74) is -8.59. The normalized spacial score (nSPS) is 21.0. The first-order chi connectivity index (χ1) is 17.1. The van der Waals surface area contributed by atoms with E-state index in [1.54, 1.807) is 20.8 Å². The molecule has 0 aromatic heterocycles. The maximum atomic E-state index is 14.5. The van der Waals surface area contributed by atoms with Crippen molar-refractivity contribution in [3.63, 3.8) is 0 Å². The Bertz CT molecular complexity index is 1260. The minimum absolute atomic E-state index is 0.229. The summed E-state index contributed by atoms with van der Waals surface area (Å²) >= 11 is 0. The van der Waals surface area contributed by atoms with Crippen molar-refractivity contribution < 1.29 is 53.1 Å². The Hall–Kier alpha value is -2.90. The third-order valence-electron chi connectivity index (χ3n) is 6.10. The van der Waals surface area contributed by atoms with E-state index in [1.165, 1.54) is 0 Å². The predicted octanol–water partition coefficient (Wildman–Crippen LogP) is 6.47. The fourth-order valence-corrected chi connectivity index (χ4v) is 6.49. The van der Waals surface area contributed by atoms with Crippen LogP contribution in [0.2, 0.25) is 0 Å². The van der Waals surface area contributed by atoms with E-state index in [-0.39, 0.29) is 35.4 Å². The number of rotatable bonds is 5. The molecule has 1 fully saturated rings. The number of ether oxygens (including phenoxy) is 1. The van der Waals surface area contributed by atoms with Crippen LogP contribution in [-0.2, 0) is 25.0 Å². The lowest BCUT2D eigenvalue weighted by molar-refractivity contribution is -0.348. The van der Waals surface area contributed by atoms with Crippen LogP contribution in [0, 0.1) is 5.82 Å². The van der Waals surface area contributed by atoms with E-state index >= 15 is 0 Å². The third kappa shape index (κ3) is 5.19. The molecule has 1 aliphatic carbocycles. The number of carbonyl (C=O) groups is 1. The van der Waals surface area contributed by atoms with Gasteiger partial charge < -0.3 is 10.1 Å². The Kier molecular flexibility index (Phi) is 7.32. The minimum atomic E-state index is -6.34. The Morgan fingerprint density at radius 3 is 1.76 bits per heavy atom. The second-order valence-corrected chi connectivity index (χ2v) is 12.2. The number of hydrogen-bond donors (Lipinski definition) is 1. The molecular formula is C24H23F8NO4S. The van der Waals surface area contributed by atoms with E-state index < -0.39 is 61.7 Å². The van der Waals surface area contributed by atoms with Crippen LogP contribution in [0.1, 0.15) is 44.7 Å². The maximum Gasteiger partial charge on any atom is 0.435 e. The molecule has 38 heavy (non-hydrogen) atoms. The summed E-state index contributed by atoms with van der Waals surface area (Å²) < 4.78 is 137. The van der Waals surface area contributed by atoms with Crippen molar-refractivity contribution in [2.45, 2.75) is 72.9 Å². The zero-order chi connectivity index (χ0) is 28.9. The SMILES string of the molecule is CC(C)(C)OC(=O)N[C@H]1C[C@@](c2ccc(C(F)(C(F)(F)F)C(F)(F)F)cc2)(S(=O)(=O)c2ccc(F)cc2)C1. The van der Waals surface area contributed by atoms with E-state index in [0.29, 0.717) is 12.1 Å². The van der Waals surface area contributed by atoms with Gasteiger partial charge in [0.2, 0.25) is 0 Å². The number of nitrogens with one attached hydrogen (secondary N) is 1. The molecule has 0 aliphatic heterocycles. The lowest BCUT2D eigenvalue weighted by atomic mass is 9.74. The number of carbonyl (C=O) groups excluding carboxylic acids is 1. The van der Waals surface area contributed by atoms with Gasteiger partial charge in [0.05, 0.1) is 4.90 Å². The highest BCUT2D eigenvalue weighted by Crippen LogP contribution is 2.55. The Morgan fingerprint density at radius 2 is 1.34 bits per heavy atom. The van der Waals surface area contributed by atoms with Crippen molar-refractivity contribution in [2.75, 3.05) is 0 Å². The zero-order valence-corrected chi connectivity index (χ0v) is 21.0. The molecule has 0 atom stereocenters. The molecule has 1 saturated carbocycles. The van der Waals surface area contributed by atoms with Crippen LogP contribution in [0.3, 0.4) is 0 Å². The molecule has 210 valence electrons. The first kappa shape index (κ1) is 29.7. The lowest BCUT2D eigenvalue weighted by Crippen LogP contribution is -2.57. The highest BCUT2D eigenvalue weighted by atomic mass is 32.2. The summed E-state index contributed by atoms with van der Waals surface area (Å²) in [5, 5.41) is 2.46. The molecule has 14 heteroatoms. The molecule has 2 aromatic rings. The van der Waals surface area contributed by atoms with Gasteiger partial charge >= 0.3 is 24.1 Å². The summed E-state index contributed by atoms with van der Waals surface area (Å²) in [6.07, 6.45) is -14.2. The van der Waals surface area contributed by atoms with Crippen LogP contribution in [-0.4, -0.2) is 38.5 Å². The highest BCUT2D eigenvalue weighted by molar-refractivity contribution is 7.92. The predicted molar refractivity (Wildman–Crippen MR) is 119 cm³/mol. The van der Waals surface area contributed by atoms with Crippen LogP contribution in [0.5, 0.6) is 0 Å². The maximum absolute atomic E-state index is 14.5. The van der Waals surface area contributed by atoms with Gasteiger partial charge in [0.1, 0.15) is 16.2 Å². The summed E-state index contributed by atoms with van der Waals surface area (Å²) in [4.78, 5) is 11.8. The van der Waals surface area contributed by atoms with Gasteiger partial charge in [-0.2, -0.15) is 26.3 Å². The van der Waals surface area contributed by atoms with Crippen molar-refractivity contribution in [3.8, 4) is 0 Å². The van der Waals surface area contributed by atoms with E-state index in [9.17, 15) is 48.3 Å². The second kappa shape index (κ2) is 9.38. The molecule has 0 spiro atoms. The Balaban J connectivity index is 2.04. The van der Waals surface area contributed by atoms with Crippen molar-refractivity contribution in [2.24, 2.45) is 0 Å². The van der Waals surface area contributed by atoms with E-state index in [4.69, 9.17) is 4.74 Å². The van der Waals surface area contributed by atoms with E-state index in [1.807, 2.05) is 0 Å². The fourth-order valence-electron chi connectivity index (χ4n) is 4.25. The molecule has 1 amide bonds. The molecule has 0 radical (unpaired) electrons. The summed E-state index contributed by atoms with van der Waals surface area (Å²) in [6, 6.07) is 4.64. The monoisotopic (exact) mass is 573 g/mol. The summed E-state index contributed by atoms with van der Waals surface area (Å²) in [6.45, 7) is 4.76. The molecular weight excluding hydrogens is 550 g/mol. The standard InChI is InChI=1S/C24H23F8NO4S/c1-20(2,3)37-19(34)33-17-12-21(13-17,38(35,36)18-10-8-16(25)9-11-18)14-4-6-15(7-5-14)22(26,23(27,28)29)24(30,31)32/h4-11,17H,12-13H2,1-3H3,(H,33,34)/t17-,21+. The van der Waals surface area contributed by atoms with Gasteiger partial charge in [-0.3, -0.25) is 0 Å². The van der Waals surface area contributed by atoms with Gasteiger partial charge in [0.15, 0.2) is 9.84 Å². The third-order valence-corrected chi connectivity index (χ3v) is 8.59. The number of halogens is 8. The number of sulfone groups is 1. The average molecular weight is 574 g/mol. The van der Waals surface area contributed by atoms with Gasteiger partial charge in [-0.05, 0) is 63.4 Å². The first-order valence-corrected chi connectivity index (χ1v) is 12.6. The highest BCUT2D eigenvalue weighted by Gasteiger charge is 2.73. The average Bonchev–Trinajstić information content (AvgIpc) is 2.73. The van der Waals surface area contributed by atoms with E-state index in [2.05, 4.69) is 5.32 Å². The molecule has 0 heterocycles. The van der Waals surface area contributed by atoms with Crippen LogP contribution in [0.15, 0.2) is 53.4 Å². The number of alkyl carbamates (subject to hydrolysis) is 1. The van der Waals surface area contributed by atoms with Crippen molar-refractivity contribution >= 4 is 15.9 Å². The number of amides is 1. The van der Waals surface area contributed by atoms with Crippen LogP contribution < -0.4 is 5.32 Å². The molecule has 0 saturated heterocycles. The van der Waals surface area contributed by atoms with Crippen LogP contribution in [0.4, 0.5) is 39.9 Å². The molecule has 3 rings (SSSR count). The largest absolute Gasteiger partial charge is 0.444 e. The van der Waals surface area contributed by atoms with Gasteiger partial charge in [-0.15, -0.1) is 0 Å². The molecule has 2 aromatic carbocycles. The molecule has 1 N–H and O–H groups in total. The second-order valence-electron chi connectivity index (χ2n) is 9.93. The van der Waals surface area contributed by atoms with Gasteiger partial charge in [-0.1, -0.05) is 24.3 Å². The first-order valence-electron chi connectivity index (χ1n) is 11.1. The summed E-state index contributed by atoms with van der Waals surface area (Å²) in [7, 11) is -4.44. The number of benzene rings is 2. The summed E-state index contributed by atoms with van der Waals surface area (Å²) in [5.74, 6) is -0.751. The molecule has 1 aliphatic rings. The lowest BCUT2D eigenvalue weighted by Gasteiger charge is -2.47. The van der Waals surface area contributed by atoms with Gasteiger partial charge in [0, 0.05) is 11.6 Å². The Labute approximate surface area is 213 Å². The van der Waals surface area contributed by atoms with Crippen molar-refractivity contribution in [1.29, 1.82) is 0 Å². The number of alkyl halides is 7.